The molecule has 21 heavy (non-hydrogen) atoms. The zero-order valence-electron chi connectivity index (χ0n) is 11.8. The Labute approximate surface area is 131 Å². The Morgan fingerprint density at radius 3 is 2.38 bits per heavy atom. The smallest absolute Gasteiger partial charge is 0.251 e. The van der Waals surface area contributed by atoms with E-state index in [1.807, 2.05) is 0 Å². The number of nitrogens with one attached hydrogen (secondary N) is 3. The van der Waals surface area contributed by atoms with Gasteiger partial charge < -0.3 is 10.6 Å². The van der Waals surface area contributed by atoms with Gasteiger partial charge >= 0.3 is 0 Å². The zero-order chi connectivity index (χ0) is 14.6. The van der Waals surface area contributed by atoms with Crippen molar-refractivity contribution in [1.82, 2.24) is 15.4 Å². The van der Waals surface area contributed by atoms with Crippen LogP contribution in [0.1, 0.15) is 17.3 Å². The number of amides is 1. The molecule has 1 fully saturated rings. The van der Waals surface area contributed by atoms with Crippen LogP contribution in [0.3, 0.4) is 0 Å². The van der Waals surface area contributed by atoms with Crippen molar-refractivity contribution < 1.29 is 13.2 Å². The van der Waals surface area contributed by atoms with E-state index in [-0.39, 0.29) is 23.2 Å². The van der Waals surface area contributed by atoms with E-state index in [0.29, 0.717) is 24.6 Å². The lowest BCUT2D eigenvalue weighted by molar-refractivity contribution is 0.0942. The predicted octanol–water partition coefficient (Wildman–Crippen LogP) is 0.356. The van der Waals surface area contributed by atoms with Gasteiger partial charge in [0.1, 0.15) is 0 Å². The standard InChI is InChI=1S/C13H19N3O3S.ClH/c1-2-16-20(18,19)12-5-3-11(4-6-12)13(17)15-9-10-7-14-8-10;/h3-6,10,14,16H,2,7-9H2,1H3,(H,15,17);1H. The van der Waals surface area contributed by atoms with Crippen LogP contribution in [0.5, 0.6) is 0 Å². The van der Waals surface area contributed by atoms with Crippen LogP contribution in [0.2, 0.25) is 0 Å². The van der Waals surface area contributed by atoms with Gasteiger partial charge in [-0.1, -0.05) is 6.92 Å². The Morgan fingerprint density at radius 1 is 1.29 bits per heavy atom. The summed E-state index contributed by atoms with van der Waals surface area (Å²) >= 11 is 0. The number of benzene rings is 1. The molecule has 8 heteroatoms. The fraction of sp³-hybridized carbons (Fsp3) is 0.462. The molecule has 0 unspecified atom stereocenters. The molecule has 118 valence electrons. The molecule has 1 saturated heterocycles. The Bertz CT molecular complexity index is 571. The Kier molecular flexibility index (Phi) is 6.60. The Morgan fingerprint density at radius 2 is 1.90 bits per heavy atom. The van der Waals surface area contributed by atoms with Crippen molar-refractivity contribution in [1.29, 1.82) is 0 Å². The first kappa shape index (κ1) is 17.9. The summed E-state index contributed by atoms with van der Waals surface area (Å²) in [6.45, 7) is 4.55. The number of sulfonamides is 1. The van der Waals surface area contributed by atoms with Gasteiger partial charge in [-0.2, -0.15) is 0 Å². The average molecular weight is 334 g/mol. The zero-order valence-corrected chi connectivity index (χ0v) is 13.4. The summed E-state index contributed by atoms with van der Waals surface area (Å²) in [5.41, 5.74) is 0.465. The SMILES string of the molecule is CCNS(=O)(=O)c1ccc(C(=O)NCC2CNC2)cc1.Cl. The van der Waals surface area contributed by atoms with Crippen molar-refractivity contribution in [3.8, 4) is 0 Å². The number of carbonyl (C=O) groups is 1. The molecule has 0 aliphatic carbocycles. The minimum absolute atomic E-state index is 0. The highest BCUT2D eigenvalue weighted by molar-refractivity contribution is 7.89. The third kappa shape index (κ3) is 4.67. The predicted molar refractivity (Wildman–Crippen MR) is 83.2 cm³/mol. The lowest BCUT2D eigenvalue weighted by Gasteiger charge is -2.27. The molecule has 6 nitrogen and oxygen atoms in total. The monoisotopic (exact) mass is 333 g/mol. The number of hydrogen-bond donors (Lipinski definition) is 3. The summed E-state index contributed by atoms with van der Waals surface area (Å²) < 4.78 is 25.9. The molecule has 1 heterocycles. The van der Waals surface area contributed by atoms with Crippen LogP contribution in [-0.2, 0) is 10.0 Å². The second kappa shape index (κ2) is 7.74. The molecule has 1 amide bonds. The lowest BCUT2D eigenvalue weighted by Crippen LogP contribution is -2.48. The van der Waals surface area contributed by atoms with Gasteiger partial charge in [0.05, 0.1) is 4.90 Å². The fourth-order valence-electron chi connectivity index (χ4n) is 1.89. The molecular formula is C13H20ClN3O3S. The summed E-state index contributed by atoms with van der Waals surface area (Å²) in [6.07, 6.45) is 0. The van der Waals surface area contributed by atoms with Crippen LogP contribution in [0.25, 0.3) is 0 Å². The number of halogens is 1. The molecular weight excluding hydrogens is 314 g/mol. The summed E-state index contributed by atoms with van der Waals surface area (Å²) in [6, 6.07) is 5.94. The van der Waals surface area contributed by atoms with Crippen molar-refractivity contribution in [3.63, 3.8) is 0 Å². The van der Waals surface area contributed by atoms with Gasteiger partial charge in [-0.05, 0) is 24.3 Å². The van der Waals surface area contributed by atoms with Crippen molar-refractivity contribution >= 4 is 28.3 Å². The summed E-state index contributed by atoms with van der Waals surface area (Å²) in [5.74, 6) is 0.316. The van der Waals surface area contributed by atoms with Crippen LogP contribution in [-0.4, -0.2) is 40.5 Å². The molecule has 0 radical (unpaired) electrons. The molecule has 0 aromatic heterocycles. The highest BCUT2D eigenvalue weighted by Gasteiger charge is 2.18. The molecule has 1 aromatic carbocycles. The van der Waals surface area contributed by atoms with Gasteiger partial charge in [-0.15, -0.1) is 12.4 Å². The highest BCUT2D eigenvalue weighted by atomic mass is 35.5. The number of hydrogen-bond acceptors (Lipinski definition) is 4. The largest absolute Gasteiger partial charge is 0.352 e. The third-order valence-corrected chi connectivity index (χ3v) is 4.74. The maximum atomic E-state index is 11.9. The lowest BCUT2D eigenvalue weighted by atomic mass is 10.0. The van der Waals surface area contributed by atoms with Crippen molar-refractivity contribution in [2.75, 3.05) is 26.2 Å². The van der Waals surface area contributed by atoms with Crippen LogP contribution in [0, 0.1) is 5.92 Å². The van der Waals surface area contributed by atoms with E-state index in [1.165, 1.54) is 24.3 Å². The van der Waals surface area contributed by atoms with Crippen LogP contribution >= 0.6 is 12.4 Å². The van der Waals surface area contributed by atoms with Crippen LogP contribution in [0.4, 0.5) is 0 Å². The third-order valence-electron chi connectivity index (χ3n) is 3.18. The van der Waals surface area contributed by atoms with Crippen LogP contribution in [0.15, 0.2) is 29.2 Å². The minimum Gasteiger partial charge on any atom is -0.352 e. The maximum absolute atomic E-state index is 11.9. The van der Waals surface area contributed by atoms with Gasteiger partial charge in [0, 0.05) is 37.7 Å². The summed E-state index contributed by atoms with van der Waals surface area (Å²) in [7, 11) is -3.46. The molecule has 0 atom stereocenters. The number of rotatable bonds is 6. The Hall–Kier alpha value is -1.15. The van der Waals surface area contributed by atoms with E-state index in [4.69, 9.17) is 0 Å². The van der Waals surface area contributed by atoms with E-state index in [1.54, 1.807) is 6.92 Å². The van der Waals surface area contributed by atoms with E-state index >= 15 is 0 Å². The summed E-state index contributed by atoms with van der Waals surface area (Å²) in [4.78, 5) is 12.0. The van der Waals surface area contributed by atoms with Gasteiger partial charge in [0.15, 0.2) is 0 Å². The molecule has 0 spiro atoms. The van der Waals surface area contributed by atoms with Crippen molar-refractivity contribution in [2.24, 2.45) is 5.92 Å². The van der Waals surface area contributed by atoms with Crippen molar-refractivity contribution in [2.45, 2.75) is 11.8 Å². The van der Waals surface area contributed by atoms with E-state index in [9.17, 15) is 13.2 Å². The Balaban J connectivity index is 0.00000220. The second-order valence-corrected chi connectivity index (χ2v) is 6.53. The van der Waals surface area contributed by atoms with Gasteiger partial charge in [0.2, 0.25) is 10.0 Å². The normalized spacial score (nSPS) is 14.9. The molecule has 1 aromatic rings. The second-order valence-electron chi connectivity index (χ2n) is 4.76. The highest BCUT2D eigenvalue weighted by Crippen LogP contribution is 2.10. The molecule has 0 saturated carbocycles. The van der Waals surface area contributed by atoms with E-state index in [2.05, 4.69) is 15.4 Å². The number of carbonyl (C=O) groups excluding carboxylic acids is 1. The molecule has 1 aliphatic heterocycles. The fourth-order valence-corrected chi connectivity index (χ4v) is 2.93. The first-order valence-electron chi connectivity index (χ1n) is 6.61. The van der Waals surface area contributed by atoms with E-state index < -0.39 is 10.0 Å². The molecule has 0 bridgehead atoms. The first-order chi connectivity index (χ1) is 9.53. The minimum atomic E-state index is -3.46. The first-order valence-corrected chi connectivity index (χ1v) is 8.10. The summed E-state index contributed by atoms with van der Waals surface area (Å²) in [5, 5.41) is 5.98. The van der Waals surface area contributed by atoms with Crippen molar-refractivity contribution in [3.05, 3.63) is 29.8 Å². The van der Waals surface area contributed by atoms with E-state index in [0.717, 1.165) is 13.1 Å². The van der Waals surface area contributed by atoms with Gasteiger partial charge in [-0.3, -0.25) is 4.79 Å². The van der Waals surface area contributed by atoms with Gasteiger partial charge in [0.25, 0.3) is 5.91 Å². The van der Waals surface area contributed by atoms with Crippen LogP contribution < -0.4 is 15.4 Å². The van der Waals surface area contributed by atoms with Gasteiger partial charge in [-0.25, -0.2) is 13.1 Å². The molecule has 2 rings (SSSR count). The topological polar surface area (TPSA) is 87.3 Å². The quantitative estimate of drug-likeness (QED) is 0.701. The average Bonchev–Trinajstić information content (AvgIpc) is 2.37. The maximum Gasteiger partial charge on any atom is 0.251 e. The molecule has 1 aliphatic rings. The molecule has 3 N–H and O–H groups in total.